The van der Waals surface area contributed by atoms with Gasteiger partial charge in [-0.05, 0) is 24.1 Å². The molecule has 7 heteroatoms. The second-order valence-corrected chi connectivity index (χ2v) is 5.87. The molecule has 0 saturated carbocycles. The quantitative estimate of drug-likeness (QED) is 0.497. The topological polar surface area (TPSA) is 82.3 Å². The molecule has 1 aliphatic rings. The van der Waals surface area contributed by atoms with Crippen LogP contribution in [0.1, 0.15) is 23.6 Å². The second-order valence-electron chi connectivity index (χ2n) is 5.87. The van der Waals surface area contributed by atoms with Gasteiger partial charge in [0.2, 0.25) is 0 Å². The molecule has 26 heavy (non-hydrogen) atoms. The zero-order valence-electron chi connectivity index (χ0n) is 13.9. The molecule has 1 saturated heterocycles. The molecule has 2 aromatic carbocycles. The highest BCUT2D eigenvalue weighted by Gasteiger charge is 2.30. The van der Waals surface area contributed by atoms with Crippen LogP contribution >= 0.6 is 0 Å². The van der Waals surface area contributed by atoms with Crippen LogP contribution in [-0.2, 0) is 9.59 Å². The van der Waals surface area contributed by atoms with Crippen LogP contribution < -0.4 is 21.7 Å². The fourth-order valence-corrected chi connectivity index (χ4v) is 2.66. The first-order valence-electron chi connectivity index (χ1n) is 8.22. The Morgan fingerprint density at radius 3 is 2.50 bits per heavy atom. The summed E-state index contributed by atoms with van der Waals surface area (Å²) in [6, 6.07) is 15.4. The number of nitrogens with one attached hydrogen (secondary N) is 4. The molecule has 0 bridgehead atoms. The lowest BCUT2D eigenvalue weighted by Gasteiger charge is -2.10. The zero-order chi connectivity index (χ0) is 18.4. The van der Waals surface area contributed by atoms with Crippen LogP contribution in [-0.4, -0.2) is 17.9 Å². The number of amides is 2. The van der Waals surface area contributed by atoms with Crippen molar-refractivity contribution in [2.24, 2.45) is 0 Å². The number of carbonyl (C=O) groups excluding carboxylic acids is 2. The normalized spacial score (nSPS) is 19.4. The van der Waals surface area contributed by atoms with Crippen molar-refractivity contribution >= 4 is 17.9 Å². The molecule has 6 nitrogen and oxygen atoms in total. The molecule has 134 valence electrons. The highest BCUT2D eigenvalue weighted by Crippen LogP contribution is 2.21. The third kappa shape index (κ3) is 4.53. The third-order valence-corrected chi connectivity index (χ3v) is 4.05. The summed E-state index contributed by atoms with van der Waals surface area (Å²) < 4.78 is 13.5. The minimum atomic E-state index is -0.549. The third-order valence-electron chi connectivity index (χ3n) is 4.05. The molecular weight excluding hydrogens is 335 g/mol. The van der Waals surface area contributed by atoms with E-state index in [0.29, 0.717) is 12.0 Å². The molecule has 2 aromatic rings. The average molecular weight is 354 g/mol. The van der Waals surface area contributed by atoms with E-state index in [1.54, 1.807) is 18.2 Å². The highest BCUT2D eigenvalue weighted by atomic mass is 19.1. The highest BCUT2D eigenvalue weighted by molar-refractivity contribution is 5.93. The summed E-state index contributed by atoms with van der Waals surface area (Å²) in [6.45, 7) is 0. The van der Waals surface area contributed by atoms with Gasteiger partial charge in [0.1, 0.15) is 11.9 Å². The van der Waals surface area contributed by atoms with Crippen molar-refractivity contribution in [2.45, 2.75) is 18.5 Å². The summed E-state index contributed by atoms with van der Waals surface area (Å²) in [5.41, 5.74) is 12.0. The minimum Gasteiger partial charge on any atom is -0.271 e. The van der Waals surface area contributed by atoms with Gasteiger partial charge < -0.3 is 0 Å². The predicted octanol–water partition coefficient (Wildman–Crippen LogP) is 1.59. The van der Waals surface area contributed by atoms with Gasteiger partial charge in [-0.3, -0.25) is 20.4 Å². The predicted molar refractivity (Wildman–Crippen MR) is 95.6 cm³/mol. The van der Waals surface area contributed by atoms with Crippen molar-refractivity contribution < 1.29 is 14.0 Å². The standard InChI is InChI=1S/C19H19FN4O2/c20-15-9-5-4-6-13(15)10-11-18(25)23-24-19(26)17-12-16(21-22-17)14-7-2-1-3-8-14/h1-11,16-17,21-22H,12H2,(H,23,25)(H,24,26)/b11-10+. The van der Waals surface area contributed by atoms with Crippen molar-refractivity contribution in [2.75, 3.05) is 0 Å². The summed E-state index contributed by atoms with van der Waals surface area (Å²) in [7, 11) is 0. The van der Waals surface area contributed by atoms with E-state index in [-0.39, 0.29) is 11.9 Å². The Kier molecular flexibility index (Phi) is 5.73. The van der Waals surface area contributed by atoms with Crippen molar-refractivity contribution in [1.82, 2.24) is 21.7 Å². The van der Waals surface area contributed by atoms with Gasteiger partial charge in [-0.25, -0.2) is 15.2 Å². The van der Waals surface area contributed by atoms with Gasteiger partial charge in [-0.15, -0.1) is 0 Å². The number of benzene rings is 2. The van der Waals surface area contributed by atoms with Crippen LogP contribution in [0, 0.1) is 5.82 Å². The van der Waals surface area contributed by atoms with Gasteiger partial charge in [-0.1, -0.05) is 48.5 Å². The Morgan fingerprint density at radius 2 is 1.73 bits per heavy atom. The molecule has 1 fully saturated rings. The first kappa shape index (κ1) is 17.8. The summed E-state index contributed by atoms with van der Waals surface area (Å²) >= 11 is 0. The summed E-state index contributed by atoms with van der Waals surface area (Å²) in [5.74, 6) is -1.33. The Labute approximate surface area is 150 Å². The van der Waals surface area contributed by atoms with Crippen molar-refractivity contribution in [3.63, 3.8) is 0 Å². The lowest BCUT2D eigenvalue weighted by Crippen LogP contribution is -2.49. The number of halogens is 1. The van der Waals surface area contributed by atoms with Crippen LogP contribution in [0.2, 0.25) is 0 Å². The molecule has 3 rings (SSSR count). The second kappa shape index (κ2) is 8.37. The van der Waals surface area contributed by atoms with Gasteiger partial charge in [0, 0.05) is 17.7 Å². The number of hydrogen-bond donors (Lipinski definition) is 4. The van der Waals surface area contributed by atoms with Gasteiger partial charge >= 0.3 is 0 Å². The monoisotopic (exact) mass is 354 g/mol. The zero-order valence-corrected chi connectivity index (χ0v) is 13.9. The molecule has 2 atom stereocenters. The molecular formula is C19H19FN4O2. The van der Waals surface area contributed by atoms with Crippen molar-refractivity contribution in [1.29, 1.82) is 0 Å². The Hall–Kier alpha value is -3.03. The van der Waals surface area contributed by atoms with Crippen LogP contribution in [0.4, 0.5) is 4.39 Å². The molecule has 0 aromatic heterocycles. The molecule has 2 amide bonds. The van der Waals surface area contributed by atoms with Crippen LogP contribution in [0.15, 0.2) is 60.7 Å². The van der Waals surface area contributed by atoms with E-state index in [9.17, 15) is 14.0 Å². The Morgan fingerprint density at radius 1 is 1.00 bits per heavy atom. The van der Waals surface area contributed by atoms with Gasteiger partial charge in [0.05, 0.1) is 0 Å². The maximum Gasteiger partial charge on any atom is 0.262 e. The molecule has 1 heterocycles. The fourth-order valence-electron chi connectivity index (χ4n) is 2.66. The lowest BCUT2D eigenvalue weighted by molar-refractivity contribution is -0.128. The summed E-state index contributed by atoms with van der Waals surface area (Å²) in [4.78, 5) is 23.9. The van der Waals surface area contributed by atoms with Crippen LogP contribution in [0.25, 0.3) is 6.08 Å². The van der Waals surface area contributed by atoms with E-state index in [4.69, 9.17) is 0 Å². The fraction of sp³-hybridized carbons (Fsp3) is 0.158. The Balaban J connectivity index is 1.47. The maximum atomic E-state index is 13.5. The SMILES string of the molecule is O=C(/C=C/c1ccccc1F)NNC(=O)C1CC(c2ccccc2)NN1. The van der Waals surface area contributed by atoms with Gasteiger partial charge in [0.25, 0.3) is 11.8 Å². The molecule has 0 aliphatic carbocycles. The largest absolute Gasteiger partial charge is 0.271 e. The number of hydrogen-bond acceptors (Lipinski definition) is 4. The molecule has 1 aliphatic heterocycles. The molecule has 2 unspecified atom stereocenters. The maximum absolute atomic E-state index is 13.5. The van der Waals surface area contributed by atoms with E-state index < -0.39 is 17.8 Å². The first-order chi connectivity index (χ1) is 12.6. The minimum absolute atomic E-state index is 0.0172. The van der Waals surface area contributed by atoms with Crippen LogP contribution in [0.3, 0.4) is 0 Å². The first-order valence-corrected chi connectivity index (χ1v) is 8.22. The van der Waals surface area contributed by atoms with Crippen molar-refractivity contribution in [3.05, 3.63) is 77.6 Å². The smallest absolute Gasteiger partial charge is 0.262 e. The van der Waals surface area contributed by atoms with E-state index >= 15 is 0 Å². The average Bonchev–Trinajstić information content (AvgIpc) is 3.16. The van der Waals surface area contributed by atoms with Gasteiger partial charge in [0.15, 0.2) is 0 Å². The number of carbonyl (C=O) groups is 2. The summed E-state index contributed by atoms with van der Waals surface area (Å²) in [6.07, 6.45) is 3.06. The van der Waals surface area contributed by atoms with Gasteiger partial charge in [-0.2, -0.15) is 0 Å². The van der Waals surface area contributed by atoms with E-state index in [1.165, 1.54) is 12.1 Å². The molecule has 0 radical (unpaired) electrons. The number of hydrazine groups is 2. The molecule has 0 spiro atoms. The van der Waals surface area contributed by atoms with E-state index in [1.807, 2.05) is 30.3 Å². The lowest BCUT2D eigenvalue weighted by atomic mass is 10.0. The Bertz CT molecular complexity index is 810. The summed E-state index contributed by atoms with van der Waals surface area (Å²) in [5, 5.41) is 0. The van der Waals surface area contributed by atoms with E-state index in [0.717, 1.165) is 11.6 Å². The molecule has 4 N–H and O–H groups in total. The van der Waals surface area contributed by atoms with Crippen molar-refractivity contribution in [3.8, 4) is 0 Å². The van der Waals surface area contributed by atoms with E-state index in [2.05, 4.69) is 21.7 Å². The van der Waals surface area contributed by atoms with Crippen LogP contribution in [0.5, 0.6) is 0 Å². The number of rotatable bonds is 4.